The topological polar surface area (TPSA) is 12.0 Å². The number of anilines is 1. The Hall–Kier alpha value is -1.42. The van der Waals surface area contributed by atoms with Crippen LogP contribution in [0.3, 0.4) is 0 Å². The molecule has 100 valence electrons. The van der Waals surface area contributed by atoms with E-state index < -0.39 is 17.7 Å². The monoisotopic (exact) mass is 325 g/mol. The highest BCUT2D eigenvalue weighted by atomic mass is 79.9. The molecule has 0 bridgehead atoms. The van der Waals surface area contributed by atoms with Gasteiger partial charge in [-0.3, -0.25) is 0 Å². The number of aryl methyl sites for hydroxylation is 1. The molecule has 2 rings (SSSR count). The predicted octanol–water partition coefficient (Wildman–Crippen LogP) is 5.21. The van der Waals surface area contributed by atoms with Crippen LogP contribution in [0.5, 0.6) is 0 Å². The van der Waals surface area contributed by atoms with Gasteiger partial charge in [-0.05, 0) is 49.7 Å². The van der Waals surface area contributed by atoms with Gasteiger partial charge in [0, 0.05) is 15.7 Å². The Morgan fingerprint density at radius 3 is 2.32 bits per heavy atom. The Labute approximate surface area is 119 Å². The van der Waals surface area contributed by atoms with E-state index in [0.29, 0.717) is 0 Å². The van der Waals surface area contributed by atoms with Crippen molar-refractivity contribution in [1.82, 2.24) is 0 Å². The van der Waals surface area contributed by atoms with Crippen LogP contribution in [0.25, 0.3) is 0 Å². The van der Waals surface area contributed by atoms with Gasteiger partial charge in [0.1, 0.15) is 11.6 Å². The van der Waals surface area contributed by atoms with Crippen LogP contribution >= 0.6 is 15.9 Å². The minimum absolute atomic E-state index is 0.0584. The molecule has 0 fully saturated rings. The molecule has 1 unspecified atom stereocenters. The lowest BCUT2D eigenvalue weighted by Crippen LogP contribution is -2.11. The summed E-state index contributed by atoms with van der Waals surface area (Å²) in [6, 6.07) is 9.16. The third kappa shape index (κ3) is 3.13. The molecule has 0 amide bonds. The van der Waals surface area contributed by atoms with Gasteiger partial charge < -0.3 is 5.32 Å². The van der Waals surface area contributed by atoms with Crippen molar-refractivity contribution in [3.63, 3.8) is 0 Å². The summed E-state index contributed by atoms with van der Waals surface area (Å²) in [5.74, 6) is -1.07. The van der Waals surface area contributed by atoms with Crippen molar-refractivity contribution < 1.29 is 8.78 Å². The van der Waals surface area contributed by atoms with Crippen LogP contribution in [0.1, 0.15) is 24.1 Å². The molecule has 0 aliphatic heterocycles. The molecule has 0 aromatic heterocycles. The number of halogens is 3. The Morgan fingerprint density at radius 2 is 1.74 bits per heavy atom. The molecule has 4 heteroatoms. The lowest BCUT2D eigenvalue weighted by Gasteiger charge is -2.17. The molecule has 1 nitrogen and oxygen atoms in total. The fraction of sp³-hybridized carbons (Fsp3) is 0.200. The fourth-order valence-electron chi connectivity index (χ4n) is 1.98. The van der Waals surface area contributed by atoms with Gasteiger partial charge in [0.25, 0.3) is 0 Å². The maximum Gasteiger partial charge on any atom is 0.131 e. The van der Waals surface area contributed by atoms with Crippen molar-refractivity contribution in [3.8, 4) is 0 Å². The number of hydrogen-bond acceptors (Lipinski definition) is 1. The summed E-state index contributed by atoms with van der Waals surface area (Å²) in [6.45, 7) is 3.70. The van der Waals surface area contributed by atoms with Crippen molar-refractivity contribution in [2.75, 3.05) is 5.32 Å². The third-order valence-corrected chi connectivity index (χ3v) is 3.86. The second kappa shape index (κ2) is 5.70. The Bertz CT molecular complexity index is 578. The molecule has 2 aromatic rings. The van der Waals surface area contributed by atoms with E-state index in [1.807, 2.05) is 25.1 Å². The van der Waals surface area contributed by atoms with Crippen molar-refractivity contribution in [3.05, 3.63) is 63.6 Å². The molecule has 0 heterocycles. The van der Waals surface area contributed by atoms with E-state index in [9.17, 15) is 8.78 Å². The first-order valence-corrected chi connectivity index (χ1v) is 6.75. The van der Waals surface area contributed by atoms with Crippen LogP contribution in [0.2, 0.25) is 0 Å². The van der Waals surface area contributed by atoms with Gasteiger partial charge in [-0.15, -0.1) is 0 Å². The van der Waals surface area contributed by atoms with Gasteiger partial charge in [-0.1, -0.05) is 22.0 Å². The number of benzene rings is 2. The zero-order chi connectivity index (χ0) is 14.0. The maximum absolute atomic E-state index is 13.7. The van der Waals surface area contributed by atoms with Crippen LogP contribution in [0.4, 0.5) is 14.5 Å². The average molecular weight is 326 g/mol. The largest absolute Gasteiger partial charge is 0.378 e. The summed E-state index contributed by atoms with van der Waals surface area (Å²) in [4.78, 5) is 0. The van der Waals surface area contributed by atoms with E-state index in [1.165, 1.54) is 18.2 Å². The molecule has 0 saturated carbocycles. The SMILES string of the molecule is Cc1cc(NC(C)c2c(F)cccc2F)ccc1Br. The molecule has 0 aliphatic rings. The average Bonchev–Trinajstić information content (AvgIpc) is 2.33. The van der Waals surface area contributed by atoms with Crippen LogP contribution in [0.15, 0.2) is 40.9 Å². The number of nitrogens with one attached hydrogen (secondary N) is 1. The normalized spacial score (nSPS) is 12.3. The van der Waals surface area contributed by atoms with Crippen molar-refractivity contribution in [1.29, 1.82) is 0 Å². The molecule has 1 N–H and O–H groups in total. The van der Waals surface area contributed by atoms with E-state index in [-0.39, 0.29) is 5.56 Å². The highest BCUT2D eigenvalue weighted by Gasteiger charge is 2.15. The number of hydrogen-bond donors (Lipinski definition) is 1. The van der Waals surface area contributed by atoms with Gasteiger partial charge in [0.15, 0.2) is 0 Å². The molecule has 0 aliphatic carbocycles. The Balaban J connectivity index is 2.25. The van der Waals surface area contributed by atoms with Crippen LogP contribution in [0, 0.1) is 18.6 Å². The van der Waals surface area contributed by atoms with Gasteiger partial charge in [0.2, 0.25) is 0 Å². The first-order valence-electron chi connectivity index (χ1n) is 5.95. The smallest absolute Gasteiger partial charge is 0.131 e. The highest BCUT2D eigenvalue weighted by molar-refractivity contribution is 9.10. The lowest BCUT2D eigenvalue weighted by molar-refractivity contribution is 0.544. The molecule has 2 aromatic carbocycles. The van der Waals surface area contributed by atoms with Gasteiger partial charge >= 0.3 is 0 Å². The zero-order valence-electron chi connectivity index (χ0n) is 10.7. The van der Waals surface area contributed by atoms with Crippen LogP contribution in [-0.4, -0.2) is 0 Å². The molecular formula is C15H14BrF2N. The van der Waals surface area contributed by atoms with E-state index in [0.717, 1.165) is 15.7 Å². The third-order valence-electron chi connectivity index (χ3n) is 2.97. The number of rotatable bonds is 3. The molecular weight excluding hydrogens is 312 g/mol. The second-order valence-electron chi connectivity index (χ2n) is 4.47. The highest BCUT2D eigenvalue weighted by Crippen LogP contribution is 2.26. The first-order chi connectivity index (χ1) is 8.99. The van der Waals surface area contributed by atoms with Crippen LogP contribution < -0.4 is 5.32 Å². The first kappa shape index (κ1) is 14.0. The van der Waals surface area contributed by atoms with Crippen molar-refractivity contribution >= 4 is 21.6 Å². The molecule has 1 atom stereocenters. The summed E-state index contributed by atoms with van der Waals surface area (Å²) in [7, 11) is 0. The summed E-state index contributed by atoms with van der Waals surface area (Å²) < 4.78 is 28.3. The van der Waals surface area contributed by atoms with E-state index in [4.69, 9.17) is 0 Å². The summed E-state index contributed by atoms with van der Waals surface area (Å²) in [5.41, 5.74) is 1.95. The molecule has 0 spiro atoms. The van der Waals surface area contributed by atoms with Gasteiger partial charge in [0.05, 0.1) is 6.04 Å². The lowest BCUT2D eigenvalue weighted by atomic mass is 10.1. The fourth-order valence-corrected chi connectivity index (χ4v) is 2.23. The Kier molecular flexibility index (Phi) is 4.20. The van der Waals surface area contributed by atoms with Crippen LogP contribution in [-0.2, 0) is 0 Å². The van der Waals surface area contributed by atoms with Crippen molar-refractivity contribution in [2.45, 2.75) is 19.9 Å². The summed E-state index contributed by atoms with van der Waals surface area (Å²) >= 11 is 3.42. The predicted molar refractivity (Wildman–Crippen MR) is 77.3 cm³/mol. The zero-order valence-corrected chi connectivity index (χ0v) is 12.3. The van der Waals surface area contributed by atoms with E-state index in [2.05, 4.69) is 21.2 Å². The van der Waals surface area contributed by atoms with Crippen molar-refractivity contribution in [2.24, 2.45) is 0 Å². The minimum atomic E-state index is -0.533. The standard InChI is InChI=1S/C15H14BrF2N/c1-9-8-11(6-7-12(9)16)19-10(2)15-13(17)4-3-5-14(15)18/h3-8,10,19H,1-2H3. The molecule has 19 heavy (non-hydrogen) atoms. The minimum Gasteiger partial charge on any atom is -0.378 e. The van der Waals surface area contributed by atoms with E-state index >= 15 is 0 Å². The van der Waals surface area contributed by atoms with Gasteiger partial charge in [-0.2, -0.15) is 0 Å². The quantitative estimate of drug-likeness (QED) is 0.816. The second-order valence-corrected chi connectivity index (χ2v) is 5.32. The summed E-state index contributed by atoms with van der Waals surface area (Å²) in [6.07, 6.45) is 0. The van der Waals surface area contributed by atoms with E-state index in [1.54, 1.807) is 6.92 Å². The Morgan fingerprint density at radius 1 is 1.11 bits per heavy atom. The van der Waals surface area contributed by atoms with Gasteiger partial charge in [-0.25, -0.2) is 8.78 Å². The molecule has 0 saturated heterocycles. The maximum atomic E-state index is 13.7. The summed E-state index contributed by atoms with van der Waals surface area (Å²) in [5, 5.41) is 3.11. The molecule has 0 radical (unpaired) electrons.